The molecule has 0 unspecified atom stereocenters. The third-order valence-electron chi connectivity index (χ3n) is 7.55. The Bertz CT molecular complexity index is 847. The van der Waals surface area contributed by atoms with Crippen LogP contribution < -0.4 is 5.32 Å². The number of nitrogens with one attached hydrogen (secondary N) is 1. The van der Waals surface area contributed by atoms with Crippen molar-refractivity contribution in [3.63, 3.8) is 0 Å². The van der Waals surface area contributed by atoms with Gasteiger partial charge in [0.05, 0.1) is 16.7 Å². The normalized spacial score (nSPS) is 32.6. The molecule has 2 aliphatic carbocycles. The fraction of sp³-hybridized carbons (Fsp3) is 0.810. The average Bonchev–Trinajstić information content (AvgIpc) is 3.51. The molecule has 1 spiro atoms. The third-order valence-corrected chi connectivity index (χ3v) is 9.50. The van der Waals surface area contributed by atoms with Crippen molar-refractivity contribution < 1.29 is 21.9 Å². The van der Waals surface area contributed by atoms with E-state index in [2.05, 4.69) is 10.2 Å². The predicted molar refractivity (Wildman–Crippen MR) is 109 cm³/mol. The summed E-state index contributed by atoms with van der Waals surface area (Å²) in [6.45, 7) is 3.02. The zero-order chi connectivity index (χ0) is 21.1. The molecule has 3 heterocycles. The Labute approximate surface area is 177 Å². The molecule has 5 aliphatic rings. The van der Waals surface area contributed by atoms with E-state index in [1.165, 1.54) is 6.08 Å². The van der Waals surface area contributed by atoms with Crippen LogP contribution in [-0.4, -0.2) is 69.5 Å². The second-order valence-corrected chi connectivity index (χ2v) is 11.7. The molecule has 5 rings (SSSR count). The number of allylic oxidation sites excluding steroid dienone is 4. The molecule has 0 aromatic carbocycles. The van der Waals surface area contributed by atoms with Crippen LogP contribution in [0.25, 0.3) is 0 Å². The summed E-state index contributed by atoms with van der Waals surface area (Å²) in [7, 11) is -1.82. The molecule has 0 atom stereocenters. The van der Waals surface area contributed by atoms with Gasteiger partial charge in [-0.3, -0.25) is 4.90 Å². The summed E-state index contributed by atoms with van der Waals surface area (Å²) in [5, 5.41) is 2.75. The lowest BCUT2D eigenvalue weighted by molar-refractivity contribution is -0.111. The van der Waals surface area contributed by atoms with Crippen LogP contribution >= 0.6 is 0 Å². The summed E-state index contributed by atoms with van der Waals surface area (Å²) in [4.78, 5) is 2.81. The Morgan fingerprint density at radius 3 is 2.33 bits per heavy atom. The van der Waals surface area contributed by atoms with Gasteiger partial charge in [-0.1, -0.05) is 6.08 Å². The van der Waals surface area contributed by atoms with E-state index >= 15 is 0 Å². The first kappa shape index (κ1) is 20.8. The minimum Gasteiger partial charge on any atom is -0.381 e. The van der Waals surface area contributed by atoms with E-state index in [9.17, 15) is 17.2 Å². The number of alkyl halides is 2. The summed E-state index contributed by atoms with van der Waals surface area (Å²) < 4.78 is 59.7. The van der Waals surface area contributed by atoms with Crippen molar-refractivity contribution in [2.45, 2.75) is 63.5 Å². The molecule has 0 radical (unpaired) electrons. The van der Waals surface area contributed by atoms with Crippen LogP contribution in [0, 0.1) is 11.3 Å². The van der Waals surface area contributed by atoms with Gasteiger partial charge in [-0.15, -0.1) is 0 Å². The van der Waals surface area contributed by atoms with Crippen molar-refractivity contribution in [1.29, 1.82) is 0 Å². The standard InChI is InChI=1S/C21H31F2N3O3S/c1-29-16-6-4-15(5-7-16)25-10-21(11-25)12-26(13-21)30(27,28)18-9-8-17(20(22)23)24-19(18)14-2-3-14/h8,14-16,20,24H,2-7,9-13H2,1H3. The molecule has 0 bridgehead atoms. The van der Waals surface area contributed by atoms with Gasteiger partial charge in [0.15, 0.2) is 0 Å². The number of nitrogens with zero attached hydrogens (tertiary/aromatic N) is 2. The van der Waals surface area contributed by atoms with Crippen LogP contribution in [0.5, 0.6) is 0 Å². The topological polar surface area (TPSA) is 61.9 Å². The van der Waals surface area contributed by atoms with Gasteiger partial charge in [0.1, 0.15) is 0 Å². The van der Waals surface area contributed by atoms with E-state index in [0.717, 1.165) is 51.6 Å². The lowest BCUT2D eigenvalue weighted by atomic mass is 9.72. The first-order valence-electron chi connectivity index (χ1n) is 11.1. The quantitative estimate of drug-likeness (QED) is 0.684. The van der Waals surface area contributed by atoms with E-state index in [1.807, 2.05) is 0 Å². The summed E-state index contributed by atoms with van der Waals surface area (Å²) in [5.41, 5.74) is 0.435. The average molecular weight is 444 g/mol. The number of ether oxygens (including phenoxy) is 1. The molecule has 2 saturated heterocycles. The molecule has 168 valence electrons. The van der Waals surface area contributed by atoms with Crippen molar-refractivity contribution in [3.8, 4) is 0 Å². The van der Waals surface area contributed by atoms with Crippen LogP contribution in [0.2, 0.25) is 0 Å². The van der Waals surface area contributed by atoms with Gasteiger partial charge >= 0.3 is 0 Å². The Balaban J connectivity index is 1.20. The first-order chi connectivity index (χ1) is 14.3. The minimum atomic E-state index is -3.60. The fourth-order valence-corrected chi connectivity index (χ4v) is 7.61. The summed E-state index contributed by atoms with van der Waals surface area (Å²) in [5.74, 6) is 0.0777. The number of dihydropyridines is 1. The van der Waals surface area contributed by atoms with E-state index in [1.54, 1.807) is 11.4 Å². The molecule has 0 amide bonds. The number of likely N-dealkylation sites (tertiary alicyclic amines) is 1. The van der Waals surface area contributed by atoms with Gasteiger partial charge in [-0.25, -0.2) is 17.2 Å². The van der Waals surface area contributed by atoms with E-state index in [0.29, 0.717) is 35.8 Å². The lowest BCUT2D eigenvalue weighted by Crippen LogP contribution is -2.74. The molecule has 6 nitrogen and oxygen atoms in total. The largest absolute Gasteiger partial charge is 0.381 e. The molecule has 0 aromatic heterocycles. The number of methoxy groups -OCH3 is 1. The smallest absolute Gasteiger partial charge is 0.277 e. The second-order valence-electron chi connectivity index (χ2n) is 9.74. The highest BCUT2D eigenvalue weighted by molar-refractivity contribution is 7.93. The van der Waals surface area contributed by atoms with Crippen LogP contribution in [-0.2, 0) is 14.8 Å². The van der Waals surface area contributed by atoms with Gasteiger partial charge in [0, 0.05) is 62.8 Å². The number of halogens is 2. The van der Waals surface area contributed by atoms with Crippen molar-refractivity contribution in [2.75, 3.05) is 33.3 Å². The highest BCUT2D eigenvalue weighted by atomic mass is 32.2. The number of rotatable bonds is 6. The van der Waals surface area contributed by atoms with Crippen molar-refractivity contribution >= 4 is 10.0 Å². The fourth-order valence-electron chi connectivity index (χ4n) is 5.63. The monoisotopic (exact) mass is 443 g/mol. The highest BCUT2D eigenvalue weighted by Gasteiger charge is 2.57. The molecular formula is C21H31F2N3O3S. The lowest BCUT2D eigenvalue weighted by Gasteiger charge is -2.62. The SMILES string of the molecule is COC1CCC(N2CC3(C2)CN(S(=O)(=O)C2=C(C4CC4)NC(C(F)F)=CC2)C3)CC1. The van der Waals surface area contributed by atoms with Crippen LogP contribution in [0.3, 0.4) is 0 Å². The van der Waals surface area contributed by atoms with Crippen LogP contribution in [0.4, 0.5) is 8.78 Å². The molecule has 9 heteroatoms. The summed E-state index contributed by atoms with van der Waals surface area (Å²) in [6.07, 6.45) is 5.42. The molecule has 4 fully saturated rings. The van der Waals surface area contributed by atoms with E-state index in [4.69, 9.17) is 4.74 Å². The molecular weight excluding hydrogens is 412 g/mol. The van der Waals surface area contributed by atoms with Gasteiger partial charge in [-0.2, -0.15) is 4.31 Å². The minimum absolute atomic E-state index is 0.0687. The number of hydrogen-bond acceptors (Lipinski definition) is 5. The molecule has 0 aromatic rings. The van der Waals surface area contributed by atoms with E-state index < -0.39 is 16.4 Å². The summed E-state index contributed by atoms with van der Waals surface area (Å²) >= 11 is 0. The van der Waals surface area contributed by atoms with Gasteiger partial charge in [0.2, 0.25) is 10.0 Å². The molecule has 3 aliphatic heterocycles. The van der Waals surface area contributed by atoms with Crippen LogP contribution in [0.15, 0.2) is 22.4 Å². The van der Waals surface area contributed by atoms with Gasteiger partial charge in [-0.05, 0) is 38.5 Å². The Hall–Kier alpha value is -1.03. The Morgan fingerprint density at radius 2 is 1.77 bits per heavy atom. The summed E-state index contributed by atoms with van der Waals surface area (Å²) in [6, 6.07) is 0.595. The van der Waals surface area contributed by atoms with Crippen molar-refractivity contribution in [3.05, 3.63) is 22.4 Å². The third kappa shape index (κ3) is 3.61. The molecule has 2 saturated carbocycles. The van der Waals surface area contributed by atoms with Crippen molar-refractivity contribution in [2.24, 2.45) is 11.3 Å². The Kier molecular flexibility index (Phi) is 5.24. The van der Waals surface area contributed by atoms with Crippen LogP contribution in [0.1, 0.15) is 44.9 Å². The van der Waals surface area contributed by atoms with Gasteiger partial charge in [0.25, 0.3) is 6.43 Å². The Morgan fingerprint density at radius 1 is 1.10 bits per heavy atom. The van der Waals surface area contributed by atoms with E-state index in [-0.39, 0.29) is 23.5 Å². The number of hydrogen-bond donors (Lipinski definition) is 1. The first-order valence-corrected chi connectivity index (χ1v) is 12.5. The molecule has 30 heavy (non-hydrogen) atoms. The van der Waals surface area contributed by atoms with Gasteiger partial charge < -0.3 is 10.1 Å². The zero-order valence-electron chi connectivity index (χ0n) is 17.4. The maximum Gasteiger partial charge on any atom is 0.277 e. The van der Waals surface area contributed by atoms with Crippen molar-refractivity contribution in [1.82, 2.24) is 14.5 Å². The predicted octanol–water partition coefficient (Wildman–Crippen LogP) is 2.66. The maximum absolute atomic E-state index is 13.3. The highest BCUT2D eigenvalue weighted by Crippen LogP contribution is 2.47. The zero-order valence-corrected chi connectivity index (χ0v) is 18.3. The second kappa shape index (κ2) is 7.53. The number of sulfonamides is 1. The maximum atomic E-state index is 13.3. The molecule has 1 N–H and O–H groups in total.